The quantitative estimate of drug-likeness (QED) is 0.666. The minimum absolute atomic E-state index is 0.109. The van der Waals surface area contributed by atoms with Crippen molar-refractivity contribution in [1.82, 2.24) is 14.9 Å². The van der Waals surface area contributed by atoms with Gasteiger partial charge in [0.1, 0.15) is 23.4 Å². The van der Waals surface area contributed by atoms with Crippen molar-refractivity contribution in [1.29, 1.82) is 0 Å². The van der Waals surface area contributed by atoms with E-state index in [1.807, 2.05) is 72.4 Å². The number of rotatable bonds is 8. The summed E-state index contributed by atoms with van der Waals surface area (Å²) in [4.78, 5) is 16.9. The Morgan fingerprint density at radius 3 is 2.63 bits per heavy atom. The van der Waals surface area contributed by atoms with Crippen molar-refractivity contribution in [2.45, 2.75) is 12.5 Å². The minimum atomic E-state index is -0.371. The van der Waals surface area contributed by atoms with Gasteiger partial charge in [-0.25, -0.2) is 4.98 Å². The summed E-state index contributed by atoms with van der Waals surface area (Å²) < 4.78 is 12.8. The molecule has 1 N–H and O–H groups in total. The van der Waals surface area contributed by atoms with Crippen LogP contribution in [0.25, 0.3) is 0 Å². The lowest BCUT2D eigenvalue weighted by molar-refractivity contribution is -0.122. The zero-order valence-corrected chi connectivity index (χ0v) is 15.5. The van der Waals surface area contributed by atoms with Gasteiger partial charge in [0.15, 0.2) is 0 Å². The van der Waals surface area contributed by atoms with E-state index in [4.69, 9.17) is 9.47 Å². The molecule has 0 radical (unpaired) electrons. The first kappa shape index (κ1) is 18.5. The number of aryl methyl sites for hydroxylation is 1. The highest BCUT2D eigenvalue weighted by Crippen LogP contribution is 2.24. The molecule has 2 aromatic carbocycles. The topological polar surface area (TPSA) is 65.4 Å². The third-order valence-corrected chi connectivity index (χ3v) is 4.19. The summed E-state index contributed by atoms with van der Waals surface area (Å²) in [6.07, 6.45) is 3.82. The van der Waals surface area contributed by atoms with Gasteiger partial charge in [0.05, 0.1) is 20.1 Å². The van der Waals surface area contributed by atoms with Crippen LogP contribution in [0.2, 0.25) is 0 Å². The van der Waals surface area contributed by atoms with Gasteiger partial charge in [0, 0.05) is 19.4 Å². The zero-order valence-electron chi connectivity index (χ0n) is 15.5. The number of benzene rings is 2. The van der Waals surface area contributed by atoms with Crippen LogP contribution in [-0.4, -0.2) is 29.2 Å². The minimum Gasteiger partial charge on any atom is -0.497 e. The number of methoxy groups -OCH3 is 1. The lowest BCUT2D eigenvalue weighted by Crippen LogP contribution is -2.32. The van der Waals surface area contributed by atoms with Crippen molar-refractivity contribution in [2.75, 3.05) is 13.7 Å². The number of hydrogen-bond donors (Lipinski definition) is 1. The van der Waals surface area contributed by atoms with Gasteiger partial charge in [-0.15, -0.1) is 0 Å². The van der Waals surface area contributed by atoms with Crippen molar-refractivity contribution in [3.63, 3.8) is 0 Å². The summed E-state index contributed by atoms with van der Waals surface area (Å²) in [5.41, 5.74) is 0.904. The second kappa shape index (κ2) is 8.89. The van der Waals surface area contributed by atoms with E-state index in [9.17, 15) is 4.79 Å². The van der Waals surface area contributed by atoms with Gasteiger partial charge in [-0.1, -0.05) is 30.3 Å². The number of imidazole rings is 1. The number of hydrogen-bond acceptors (Lipinski definition) is 4. The molecule has 0 saturated carbocycles. The zero-order chi connectivity index (χ0) is 19.1. The molecule has 0 spiro atoms. The molecule has 27 heavy (non-hydrogen) atoms. The Morgan fingerprint density at radius 1 is 1.15 bits per heavy atom. The lowest BCUT2D eigenvalue weighted by atomic mass is 10.1. The molecule has 0 saturated heterocycles. The number of carbonyl (C=O) groups is 1. The highest BCUT2D eigenvalue weighted by Gasteiger charge is 2.21. The molecule has 0 fully saturated rings. The van der Waals surface area contributed by atoms with Gasteiger partial charge in [-0.05, 0) is 29.8 Å². The second-order valence-electron chi connectivity index (χ2n) is 6.09. The summed E-state index contributed by atoms with van der Waals surface area (Å²) >= 11 is 0. The standard InChI is InChI=1S/C21H23N3O3/c1-24-13-12-22-21(24)20(16-7-6-10-18(15-16)26-2)23-19(25)11-14-27-17-8-4-3-5-9-17/h3-10,12-13,15,20H,11,14H2,1-2H3,(H,23,25). The normalized spacial score (nSPS) is 11.6. The predicted octanol–water partition coefficient (Wildman–Crippen LogP) is 3.10. The Bertz CT molecular complexity index is 877. The molecule has 1 heterocycles. The number of nitrogens with zero attached hydrogens (tertiary/aromatic N) is 2. The van der Waals surface area contributed by atoms with E-state index < -0.39 is 0 Å². The maximum absolute atomic E-state index is 12.5. The van der Waals surface area contributed by atoms with Crippen LogP contribution >= 0.6 is 0 Å². The van der Waals surface area contributed by atoms with E-state index in [0.29, 0.717) is 6.61 Å². The fourth-order valence-electron chi connectivity index (χ4n) is 2.78. The number of para-hydroxylation sites is 1. The third-order valence-electron chi connectivity index (χ3n) is 4.19. The van der Waals surface area contributed by atoms with Crippen molar-refractivity contribution in [3.8, 4) is 11.5 Å². The van der Waals surface area contributed by atoms with Crippen molar-refractivity contribution in [3.05, 3.63) is 78.4 Å². The van der Waals surface area contributed by atoms with Gasteiger partial charge in [0.2, 0.25) is 5.91 Å². The average molecular weight is 365 g/mol. The Morgan fingerprint density at radius 2 is 1.93 bits per heavy atom. The molecular formula is C21H23N3O3. The van der Waals surface area contributed by atoms with Crippen molar-refractivity contribution in [2.24, 2.45) is 7.05 Å². The monoisotopic (exact) mass is 365 g/mol. The van der Waals surface area contributed by atoms with Crippen LogP contribution in [-0.2, 0) is 11.8 Å². The largest absolute Gasteiger partial charge is 0.497 e. The van der Waals surface area contributed by atoms with Crippen LogP contribution < -0.4 is 14.8 Å². The van der Waals surface area contributed by atoms with Gasteiger partial charge in [-0.2, -0.15) is 0 Å². The first-order chi connectivity index (χ1) is 13.2. The first-order valence-electron chi connectivity index (χ1n) is 8.76. The molecule has 1 atom stereocenters. The first-order valence-corrected chi connectivity index (χ1v) is 8.76. The van der Waals surface area contributed by atoms with Gasteiger partial charge in [0.25, 0.3) is 0 Å². The number of nitrogens with one attached hydrogen (secondary N) is 1. The number of carbonyl (C=O) groups excluding carboxylic acids is 1. The van der Waals surface area contributed by atoms with E-state index in [0.717, 1.165) is 22.9 Å². The predicted molar refractivity (Wildman–Crippen MR) is 103 cm³/mol. The van der Waals surface area contributed by atoms with Crippen LogP contribution in [0.5, 0.6) is 11.5 Å². The van der Waals surface area contributed by atoms with Crippen LogP contribution in [0.4, 0.5) is 0 Å². The highest BCUT2D eigenvalue weighted by molar-refractivity contribution is 5.77. The molecule has 1 unspecified atom stereocenters. The Balaban J connectivity index is 1.69. The van der Waals surface area contributed by atoms with Crippen LogP contribution in [0, 0.1) is 0 Å². The van der Waals surface area contributed by atoms with Crippen LogP contribution in [0.3, 0.4) is 0 Å². The van der Waals surface area contributed by atoms with E-state index in [2.05, 4.69) is 10.3 Å². The highest BCUT2D eigenvalue weighted by atomic mass is 16.5. The van der Waals surface area contributed by atoms with E-state index >= 15 is 0 Å². The number of aromatic nitrogens is 2. The van der Waals surface area contributed by atoms with Gasteiger partial charge in [-0.3, -0.25) is 4.79 Å². The second-order valence-corrected chi connectivity index (χ2v) is 6.09. The number of amides is 1. The molecule has 1 aromatic heterocycles. The Hall–Kier alpha value is -3.28. The SMILES string of the molecule is COc1cccc(C(NC(=O)CCOc2ccccc2)c2nccn2C)c1. The molecule has 3 aromatic rings. The molecule has 3 rings (SSSR count). The summed E-state index contributed by atoms with van der Waals surface area (Å²) in [6.45, 7) is 0.307. The van der Waals surface area contributed by atoms with Crippen molar-refractivity contribution < 1.29 is 14.3 Å². The van der Waals surface area contributed by atoms with Gasteiger partial charge < -0.3 is 19.4 Å². The Labute approximate surface area is 158 Å². The van der Waals surface area contributed by atoms with E-state index in [-0.39, 0.29) is 18.4 Å². The van der Waals surface area contributed by atoms with Gasteiger partial charge >= 0.3 is 0 Å². The summed E-state index contributed by atoms with van der Waals surface area (Å²) in [5.74, 6) is 2.12. The Kier molecular flexibility index (Phi) is 6.10. The van der Waals surface area contributed by atoms with E-state index in [1.54, 1.807) is 13.3 Å². The molecule has 1 amide bonds. The maximum atomic E-state index is 12.5. The molecule has 6 heteroatoms. The average Bonchev–Trinajstić information content (AvgIpc) is 3.12. The third kappa shape index (κ3) is 4.88. The van der Waals surface area contributed by atoms with Crippen molar-refractivity contribution >= 4 is 5.91 Å². The molecular weight excluding hydrogens is 342 g/mol. The molecule has 0 bridgehead atoms. The summed E-state index contributed by atoms with van der Waals surface area (Å²) in [7, 11) is 3.52. The summed E-state index contributed by atoms with van der Waals surface area (Å²) in [6, 6.07) is 16.7. The fraction of sp³-hybridized carbons (Fsp3) is 0.238. The van der Waals surface area contributed by atoms with Crippen LogP contribution in [0.1, 0.15) is 23.9 Å². The maximum Gasteiger partial charge on any atom is 0.224 e. The number of ether oxygens (including phenoxy) is 2. The lowest BCUT2D eigenvalue weighted by Gasteiger charge is -2.20. The molecule has 6 nitrogen and oxygen atoms in total. The molecule has 0 aliphatic rings. The smallest absolute Gasteiger partial charge is 0.224 e. The summed E-state index contributed by atoms with van der Waals surface area (Å²) in [5, 5.41) is 3.06. The molecule has 0 aliphatic carbocycles. The fourth-order valence-corrected chi connectivity index (χ4v) is 2.78. The van der Waals surface area contributed by atoms with E-state index in [1.165, 1.54) is 0 Å². The molecule has 140 valence electrons. The van der Waals surface area contributed by atoms with Crippen LogP contribution in [0.15, 0.2) is 67.0 Å². The molecule has 0 aliphatic heterocycles.